The first-order chi connectivity index (χ1) is 9.51. The quantitative estimate of drug-likeness (QED) is 0.932. The molecule has 1 heterocycles. The van der Waals surface area contributed by atoms with E-state index in [-0.39, 0.29) is 11.8 Å². The van der Waals surface area contributed by atoms with Crippen molar-refractivity contribution >= 4 is 29.1 Å². The van der Waals surface area contributed by atoms with E-state index in [9.17, 15) is 10.1 Å². The van der Waals surface area contributed by atoms with Gasteiger partial charge in [-0.25, -0.2) is 0 Å². The molecule has 0 bridgehead atoms. The molecule has 4 nitrogen and oxygen atoms in total. The molecule has 0 aliphatic carbocycles. The van der Waals surface area contributed by atoms with E-state index in [0.717, 1.165) is 6.42 Å². The molecule has 6 heteroatoms. The van der Waals surface area contributed by atoms with Crippen LogP contribution >= 0.6 is 23.2 Å². The molecule has 1 saturated heterocycles. The normalized spacial score (nSPS) is 23.1. The zero-order valence-electron chi connectivity index (χ0n) is 10.9. The highest BCUT2D eigenvalue weighted by Gasteiger charge is 2.32. The molecule has 3 atom stereocenters. The minimum absolute atomic E-state index is 0.150. The number of benzene rings is 1. The standard InChI is InChI=1S/C14H14Cl2N2O2/c1-8-2-3-20-13(8)14(19)18-12(7-17)9-4-10(15)6-11(16)5-9/h4-6,8,12-13H,2-3H2,1H3,(H,18,19)/t8-,12+,13-/m1/s1. The average molecular weight is 313 g/mol. The number of rotatable bonds is 3. The third kappa shape index (κ3) is 3.43. The number of halogens is 2. The molecule has 1 fully saturated rings. The van der Waals surface area contributed by atoms with Crippen LogP contribution in [0.4, 0.5) is 0 Å². The third-order valence-corrected chi connectivity index (χ3v) is 3.72. The van der Waals surface area contributed by atoms with Gasteiger partial charge in [-0.05, 0) is 36.1 Å². The van der Waals surface area contributed by atoms with E-state index in [1.807, 2.05) is 13.0 Å². The summed E-state index contributed by atoms with van der Waals surface area (Å²) in [5.74, 6) is -0.130. The van der Waals surface area contributed by atoms with Crippen molar-refractivity contribution in [2.24, 2.45) is 5.92 Å². The smallest absolute Gasteiger partial charge is 0.250 e. The summed E-state index contributed by atoms with van der Waals surface area (Å²) in [6.07, 6.45) is 0.346. The van der Waals surface area contributed by atoms with Gasteiger partial charge >= 0.3 is 0 Å². The molecular formula is C14H14Cl2N2O2. The van der Waals surface area contributed by atoms with Crippen molar-refractivity contribution in [1.29, 1.82) is 5.26 Å². The SMILES string of the molecule is C[C@@H]1CCO[C@H]1C(=O)N[C@@H](C#N)c1cc(Cl)cc(Cl)c1. The van der Waals surface area contributed by atoms with E-state index in [1.54, 1.807) is 18.2 Å². The Morgan fingerprint density at radius 3 is 2.60 bits per heavy atom. The molecule has 2 rings (SSSR count). The number of nitrogens with zero attached hydrogens (tertiary/aromatic N) is 1. The van der Waals surface area contributed by atoms with Gasteiger partial charge in [-0.3, -0.25) is 4.79 Å². The Balaban J connectivity index is 2.13. The molecule has 1 aliphatic heterocycles. The number of hydrogen-bond acceptors (Lipinski definition) is 3. The van der Waals surface area contributed by atoms with E-state index < -0.39 is 12.1 Å². The molecule has 0 radical (unpaired) electrons. The molecule has 1 aromatic carbocycles. The van der Waals surface area contributed by atoms with Crippen LogP contribution in [0.25, 0.3) is 0 Å². The number of carbonyl (C=O) groups excluding carboxylic acids is 1. The second kappa shape index (κ2) is 6.45. The van der Waals surface area contributed by atoms with Crippen molar-refractivity contribution in [2.45, 2.75) is 25.5 Å². The van der Waals surface area contributed by atoms with Crippen LogP contribution < -0.4 is 5.32 Å². The van der Waals surface area contributed by atoms with Gasteiger partial charge in [0.1, 0.15) is 12.1 Å². The maximum atomic E-state index is 12.1. The molecule has 1 amide bonds. The second-order valence-corrected chi connectivity index (χ2v) is 5.70. The van der Waals surface area contributed by atoms with E-state index in [1.165, 1.54) is 0 Å². The lowest BCUT2D eigenvalue weighted by molar-refractivity contribution is -0.131. The zero-order valence-corrected chi connectivity index (χ0v) is 12.4. The highest BCUT2D eigenvalue weighted by Crippen LogP contribution is 2.25. The Morgan fingerprint density at radius 1 is 1.45 bits per heavy atom. The Bertz CT molecular complexity index is 536. The van der Waals surface area contributed by atoms with E-state index in [0.29, 0.717) is 22.2 Å². The molecule has 1 aliphatic rings. The van der Waals surface area contributed by atoms with Crippen LogP contribution in [-0.4, -0.2) is 18.6 Å². The topological polar surface area (TPSA) is 62.1 Å². The highest BCUT2D eigenvalue weighted by molar-refractivity contribution is 6.34. The minimum atomic E-state index is -0.796. The Morgan fingerprint density at radius 2 is 2.10 bits per heavy atom. The van der Waals surface area contributed by atoms with E-state index in [2.05, 4.69) is 5.32 Å². The van der Waals surface area contributed by atoms with Gasteiger partial charge in [-0.2, -0.15) is 5.26 Å². The monoisotopic (exact) mass is 312 g/mol. The lowest BCUT2D eigenvalue weighted by Crippen LogP contribution is -2.39. The fourth-order valence-corrected chi connectivity index (χ4v) is 2.73. The van der Waals surface area contributed by atoms with Gasteiger partial charge in [-0.15, -0.1) is 0 Å². The lowest BCUT2D eigenvalue weighted by Gasteiger charge is -2.18. The summed E-state index contributed by atoms with van der Waals surface area (Å²) >= 11 is 11.8. The molecule has 1 aromatic rings. The fraction of sp³-hybridized carbons (Fsp3) is 0.429. The average Bonchev–Trinajstić information content (AvgIpc) is 2.80. The number of amides is 1. The summed E-state index contributed by atoms with van der Waals surface area (Å²) in [6, 6.07) is 6.04. The number of nitriles is 1. The third-order valence-electron chi connectivity index (χ3n) is 3.28. The van der Waals surface area contributed by atoms with Crippen LogP contribution in [0.3, 0.4) is 0 Å². The highest BCUT2D eigenvalue weighted by atomic mass is 35.5. The van der Waals surface area contributed by atoms with Crippen LogP contribution in [0.15, 0.2) is 18.2 Å². The molecular weight excluding hydrogens is 299 g/mol. The predicted molar refractivity (Wildman–Crippen MR) is 76.5 cm³/mol. The maximum absolute atomic E-state index is 12.1. The summed E-state index contributed by atoms with van der Waals surface area (Å²) in [6.45, 7) is 2.52. The largest absolute Gasteiger partial charge is 0.368 e. The summed E-state index contributed by atoms with van der Waals surface area (Å²) < 4.78 is 5.38. The Kier molecular flexibility index (Phi) is 4.87. The number of nitrogens with one attached hydrogen (secondary N) is 1. The number of ether oxygens (including phenoxy) is 1. The Hall–Kier alpha value is -1.28. The van der Waals surface area contributed by atoms with Crippen LogP contribution in [-0.2, 0) is 9.53 Å². The van der Waals surface area contributed by atoms with Crippen LogP contribution in [0.1, 0.15) is 24.9 Å². The van der Waals surface area contributed by atoms with Crippen LogP contribution in [0.5, 0.6) is 0 Å². The fourth-order valence-electron chi connectivity index (χ4n) is 2.19. The summed E-state index contributed by atoms with van der Waals surface area (Å²) in [4.78, 5) is 12.1. The van der Waals surface area contributed by atoms with Gasteiger partial charge in [0.25, 0.3) is 5.91 Å². The van der Waals surface area contributed by atoms with Crippen LogP contribution in [0, 0.1) is 17.2 Å². The molecule has 0 spiro atoms. The minimum Gasteiger partial charge on any atom is -0.368 e. The molecule has 1 N–H and O–H groups in total. The van der Waals surface area contributed by atoms with E-state index in [4.69, 9.17) is 27.9 Å². The van der Waals surface area contributed by atoms with Gasteiger partial charge in [-0.1, -0.05) is 30.1 Å². The predicted octanol–water partition coefficient (Wildman–Crippen LogP) is 3.10. The molecule has 106 valence electrons. The maximum Gasteiger partial charge on any atom is 0.250 e. The lowest BCUT2D eigenvalue weighted by atomic mass is 10.0. The summed E-state index contributed by atoms with van der Waals surface area (Å²) in [5, 5.41) is 12.7. The number of hydrogen-bond donors (Lipinski definition) is 1. The molecule has 0 saturated carbocycles. The molecule has 0 unspecified atom stereocenters. The second-order valence-electron chi connectivity index (χ2n) is 4.83. The molecule has 0 aromatic heterocycles. The first-order valence-corrected chi connectivity index (χ1v) is 7.04. The van der Waals surface area contributed by atoms with Crippen molar-refractivity contribution in [1.82, 2.24) is 5.32 Å². The van der Waals surface area contributed by atoms with Gasteiger partial charge in [0.15, 0.2) is 0 Å². The Labute approximate surface area is 127 Å². The van der Waals surface area contributed by atoms with Crippen LogP contribution in [0.2, 0.25) is 10.0 Å². The van der Waals surface area contributed by atoms with Crippen molar-refractivity contribution in [3.63, 3.8) is 0 Å². The number of carbonyl (C=O) groups is 1. The van der Waals surface area contributed by atoms with Gasteiger partial charge in [0.05, 0.1) is 6.07 Å². The zero-order chi connectivity index (χ0) is 14.7. The van der Waals surface area contributed by atoms with Crippen molar-refractivity contribution in [2.75, 3.05) is 6.61 Å². The summed E-state index contributed by atoms with van der Waals surface area (Å²) in [5.41, 5.74) is 0.559. The summed E-state index contributed by atoms with van der Waals surface area (Å²) in [7, 11) is 0. The molecule has 20 heavy (non-hydrogen) atoms. The first kappa shape index (κ1) is 15.1. The van der Waals surface area contributed by atoms with Gasteiger partial charge in [0.2, 0.25) is 0 Å². The first-order valence-electron chi connectivity index (χ1n) is 6.29. The van der Waals surface area contributed by atoms with Gasteiger partial charge < -0.3 is 10.1 Å². The van der Waals surface area contributed by atoms with E-state index >= 15 is 0 Å². The van der Waals surface area contributed by atoms with Crippen molar-refractivity contribution in [3.8, 4) is 6.07 Å². The van der Waals surface area contributed by atoms with Crippen molar-refractivity contribution in [3.05, 3.63) is 33.8 Å². The van der Waals surface area contributed by atoms with Gasteiger partial charge in [0, 0.05) is 16.7 Å². The van der Waals surface area contributed by atoms with Crippen molar-refractivity contribution < 1.29 is 9.53 Å².